The molecule has 0 saturated carbocycles. The molecule has 8 nitrogen and oxygen atoms in total. The number of aromatic nitrogens is 3. The Kier molecular flexibility index (Phi) is 7.34. The number of benzene rings is 3. The average Bonchev–Trinajstić information content (AvgIpc) is 3.31. The van der Waals surface area contributed by atoms with E-state index in [0.717, 1.165) is 16.9 Å². The van der Waals surface area contributed by atoms with Gasteiger partial charge in [0.2, 0.25) is 11.7 Å². The lowest BCUT2D eigenvalue weighted by molar-refractivity contribution is -0.113. The highest BCUT2D eigenvalue weighted by molar-refractivity contribution is 7.99. The summed E-state index contributed by atoms with van der Waals surface area (Å²) in [6.07, 6.45) is 0. The summed E-state index contributed by atoms with van der Waals surface area (Å²) in [7, 11) is 4.69. The van der Waals surface area contributed by atoms with Crippen LogP contribution in [0, 0.1) is 0 Å². The largest absolute Gasteiger partial charge is 0.493 e. The van der Waals surface area contributed by atoms with Gasteiger partial charge in [0.15, 0.2) is 22.5 Å². The van der Waals surface area contributed by atoms with E-state index < -0.39 is 0 Å². The molecule has 0 aliphatic heterocycles. The third kappa shape index (κ3) is 4.99. The highest BCUT2D eigenvalue weighted by atomic mass is 32.2. The second-order valence-corrected chi connectivity index (χ2v) is 8.04. The second kappa shape index (κ2) is 10.8. The van der Waals surface area contributed by atoms with E-state index in [4.69, 9.17) is 14.2 Å². The zero-order chi connectivity index (χ0) is 23.9. The molecule has 1 heterocycles. The summed E-state index contributed by atoms with van der Waals surface area (Å²) in [6.45, 7) is 0. The maximum atomic E-state index is 12.5. The van der Waals surface area contributed by atoms with Gasteiger partial charge in [0.05, 0.1) is 27.1 Å². The number of nitrogens with one attached hydrogen (secondary N) is 1. The number of thioether (sulfide) groups is 1. The fourth-order valence-electron chi connectivity index (χ4n) is 3.42. The number of ether oxygens (including phenoxy) is 3. The number of methoxy groups -OCH3 is 3. The van der Waals surface area contributed by atoms with Gasteiger partial charge in [-0.2, -0.15) is 0 Å². The molecule has 0 unspecified atom stereocenters. The van der Waals surface area contributed by atoms with Gasteiger partial charge in [-0.15, -0.1) is 10.2 Å². The molecule has 0 atom stereocenters. The monoisotopic (exact) mass is 476 g/mol. The van der Waals surface area contributed by atoms with Gasteiger partial charge >= 0.3 is 0 Å². The molecule has 0 bridgehead atoms. The number of nitrogens with zero attached hydrogens (tertiary/aromatic N) is 3. The van der Waals surface area contributed by atoms with E-state index in [2.05, 4.69) is 15.5 Å². The molecule has 34 heavy (non-hydrogen) atoms. The first kappa shape index (κ1) is 23.2. The van der Waals surface area contributed by atoms with Crippen LogP contribution in [0.25, 0.3) is 17.1 Å². The zero-order valence-electron chi connectivity index (χ0n) is 19.0. The standard InChI is InChI=1S/C25H24N4O4S/c1-31-20-14-17(15-21(32-2)23(20)33-3)24-27-28-25(29(24)19-12-8-5-9-13-19)34-16-22(30)26-18-10-6-4-7-11-18/h4-15H,16H2,1-3H3,(H,26,30). The molecule has 4 rings (SSSR count). The first-order valence-corrected chi connectivity index (χ1v) is 11.4. The molecular weight excluding hydrogens is 452 g/mol. The maximum absolute atomic E-state index is 12.5. The third-order valence-electron chi connectivity index (χ3n) is 4.96. The second-order valence-electron chi connectivity index (χ2n) is 7.09. The molecule has 0 aliphatic rings. The molecule has 0 fully saturated rings. The highest BCUT2D eigenvalue weighted by Crippen LogP contribution is 2.41. The number of carbonyl (C=O) groups excluding carboxylic acids is 1. The Hall–Kier alpha value is -3.98. The van der Waals surface area contributed by atoms with Gasteiger partial charge < -0.3 is 19.5 Å². The number of hydrogen-bond donors (Lipinski definition) is 1. The maximum Gasteiger partial charge on any atom is 0.234 e. The predicted molar refractivity (Wildman–Crippen MR) is 132 cm³/mol. The fourth-order valence-corrected chi connectivity index (χ4v) is 4.17. The minimum atomic E-state index is -0.131. The van der Waals surface area contributed by atoms with Crippen LogP contribution >= 0.6 is 11.8 Å². The van der Waals surface area contributed by atoms with Gasteiger partial charge in [-0.3, -0.25) is 9.36 Å². The topological polar surface area (TPSA) is 87.5 Å². The number of hydrogen-bond acceptors (Lipinski definition) is 7. The number of anilines is 1. The summed E-state index contributed by atoms with van der Waals surface area (Å²) in [5.41, 5.74) is 2.34. The zero-order valence-corrected chi connectivity index (χ0v) is 19.8. The van der Waals surface area contributed by atoms with E-state index in [0.29, 0.717) is 28.2 Å². The van der Waals surface area contributed by atoms with Crippen LogP contribution in [0.15, 0.2) is 78.0 Å². The Labute approximate surface area is 201 Å². The lowest BCUT2D eigenvalue weighted by atomic mass is 10.1. The van der Waals surface area contributed by atoms with Crippen molar-refractivity contribution in [1.82, 2.24) is 14.8 Å². The Morgan fingerprint density at radius 2 is 1.50 bits per heavy atom. The van der Waals surface area contributed by atoms with Crippen molar-refractivity contribution in [2.24, 2.45) is 0 Å². The first-order chi connectivity index (χ1) is 16.6. The summed E-state index contributed by atoms with van der Waals surface area (Å²) in [4.78, 5) is 12.5. The minimum absolute atomic E-state index is 0.131. The first-order valence-electron chi connectivity index (χ1n) is 10.4. The van der Waals surface area contributed by atoms with E-state index >= 15 is 0 Å². The van der Waals surface area contributed by atoms with Crippen LogP contribution in [0.1, 0.15) is 0 Å². The van der Waals surface area contributed by atoms with Crippen LogP contribution in [0.4, 0.5) is 5.69 Å². The van der Waals surface area contributed by atoms with Crippen molar-refractivity contribution < 1.29 is 19.0 Å². The normalized spacial score (nSPS) is 10.6. The number of para-hydroxylation sites is 2. The van der Waals surface area contributed by atoms with Gasteiger partial charge in [0.1, 0.15) is 0 Å². The van der Waals surface area contributed by atoms with E-state index in [1.807, 2.05) is 77.4 Å². The summed E-state index contributed by atoms with van der Waals surface area (Å²) in [5, 5.41) is 12.3. The van der Waals surface area contributed by atoms with Gasteiger partial charge in [-0.1, -0.05) is 48.2 Å². The highest BCUT2D eigenvalue weighted by Gasteiger charge is 2.21. The van der Waals surface area contributed by atoms with Gasteiger partial charge in [0.25, 0.3) is 0 Å². The van der Waals surface area contributed by atoms with Gasteiger partial charge in [0, 0.05) is 16.9 Å². The van der Waals surface area contributed by atoms with E-state index in [1.165, 1.54) is 11.8 Å². The van der Waals surface area contributed by atoms with Crippen molar-refractivity contribution >= 4 is 23.4 Å². The molecule has 1 aromatic heterocycles. The van der Waals surface area contributed by atoms with Crippen LogP contribution in [0.3, 0.4) is 0 Å². The van der Waals surface area contributed by atoms with Gasteiger partial charge in [-0.25, -0.2) is 0 Å². The summed E-state index contributed by atoms with van der Waals surface area (Å²) in [6, 6.07) is 22.7. The van der Waals surface area contributed by atoms with Crippen LogP contribution in [-0.4, -0.2) is 47.8 Å². The quantitative estimate of drug-likeness (QED) is 0.351. The molecule has 9 heteroatoms. The molecule has 1 N–H and O–H groups in total. The van der Waals surface area contributed by atoms with Crippen LogP contribution in [0.5, 0.6) is 17.2 Å². The van der Waals surface area contributed by atoms with Crippen LogP contribution in [-0.2, 0) is 4.79 Å². The Bertz CT molecular complexity index is 1240. The molecular formula is C25H24N4O4S. The third-order valence-corrected chi connectivity index (χ3v) is 5.89. The lowest BCUT2D eigenvalue weighted by Crippen LogP contribution is -2.14. The van der Waals surface area contributed by atoms with Crippen molar-refractivity contribution in [1.29, 1.82) is 0 Å². The Morgan fingerprint density at radius 1 is 0.882 bits per heavy atom. The molecule has 0 spiro atoms. The van der Waals surface area contributed by atoms with Gasteiger partial charge in [-0.05, 0) is 36.4 Å². The van der Waals surface area contributed by atoms with Crippen LogP contribution < -0.4 is 19.5 Å². The summed E-state index contributed by atoms with van der Waals surface area (Å²) >= 11 is 1.30. The predicted octanol–water partition coefficient (Wildman–Crippen LogP) is 4.69. The molecule has 0 saturated heterocycles. The van der Waals surface area contributed by atoms with Crippen molar-refractivity contribution in [3.63, 3.8) is 0 Å². The van der Waals surface area contributed by atoms with Crippen molar-refractivity contribution in [2.45, 2.75) is 5.16 Å². The SMILES string of the molecule is COc1cc(-c2nnc(SCC(=O)Nc3ccccc3)n2-c2ccccc2)cc(OC)c1OC. The molecule has 3 aromatic carbocycles. The van der Waals surface area contributed by atoms with Crippen molar-refractivity contribution in [3.8, 4) is 34.3 Å². The number of rotatable bonds is 9. The molecule has 4 aromatic rings. The molecule has 174 valence electrons. The molecule has 0 radical (unpaired) electrons. The summed E-state index contributed by atoms with van der Waals surface area (Å²) < 4.78 is 18.4. The Balaban J connectivity index is 1.69. The van der Waals surface area contributed by atoms with Crippen molar-refractivity contribution in [3.05, 3.63) is 72.8 Å². The molecule has 0 aliphatic carbocycles. The lowest BCUT2D eigenvalue weighted by Gasteiger charge is -2.15. The number of amides is 1. The van der Waals surface area contributed by atoms with Crippen molar-refractivity contribution in [2.75, 3.05) is 32.4 Å². The fraction of sp³-hybridized carbons (Fsp3) is 0.160. The average molecular weight is 477 g/mol. The van der Waals surface area contributed by atoms with E-state index in [-0.39, 0.29) is 11.7 Å². The smallest absolute Gasteiger partial charge is 0.234 e. The minimum Gasteiger partial charge on any atom is -0.493 e. The van der Waals surface area contributed by atoms with Crippen LogP contribution in [0.2, 0.25) is 0 Å². The Morgan fingerprint density at radius 3 is 2.09 bits per heavy atom. The number of carbonyl (C=O) groups is 1. The van der Waals surface area contributed by atoms with E-state index in [1.54, 1.807) is 21.3 Å². The summed E-state index contributed by atoms with van der Waals surface area (Å²) in [5.74, 6) is 2.14. The molecule has 1 amide bonds. The van der Waals surface area contributed by atoms with E-state index in [9.17, 15) is 4.79 Å².